The molecule has 0 radical (unpaired) electrons. The Balaban J connectivity index is 2.02. The Morgan fingerprint density at radius 2 is 1.58 bits per heavy atom. The van der Waals surface area contributed by atoms with Crippen LogP contribution in [-0.2, 0) is 16.2 Å². The molecule has 1 heterocycles. The number of primary sulfonamides is 1. The molecule has 0 amide bonds. The molecule has 1 aliphatic carbocycles. The fourth-order valence-electron chi connectivity index (χ4n) is 3.04. The van der Waals surface area contributed by atoms with E-state index in [4.69, 9.17) is 5.14 Å². The Hall–Kier alpha value is -2.26. The van der Waals surface area contributed by atoms with Crippen LogP contribution in [0.3, 0.4) is 0 Å². The maximum absolute atomic E-state index is 13.8. The van der Waals surface area contributed by atoms with Gasteiger partial charge in [-0.3, -0.25) is 0 Å². The molecule has 138 valence electrons. The molecule has 0 aliphatic heterocycles. The summed E-state index contributed by atoms with van der Waals surface area (Å²) >= 11 is 0. The number of hydrogen-bond donors (Lipinski definition) is 1. The number of aromatic nitrogens is 1. The third-order valence-electron chi connectivity index (χ3n) is 4.21. The zero-order valence-electron chi connectivity index (χ0n) is 13.3. The highest BCUT2D eigenvalue weighted by Gasteiger charge is 2.36. The van der Waals surface area contributed by atoms with Crippen LogP contribution in [0.5, 0.6) is 0 Å². The maximum Gasteiger partial charge on any atom is 0.436 e. The summed E-state index contributed by atoms with van der Waals surface area (Å²) in [6.45, 7) is 0. The second kappa shape index (κ2) is 6.48. The zero-order valence-corrected chi connectivity index (χ0v) is 14.2. The molecule has 2 N–H and O–H groups in total. The van der Waals surface area contributed by atoms with Crippen LogP contribution in [0.25, 0.3) is 11.1 Å². The summed E-state index contributed by atoms with van der Waals surface area (Å²) in [6, 6.07) is 6.72. The standard InChI is InChI=1S/C17H14F4N2O2S/c18-15-8-11(9-23-16(15)17(19,20)21)14-3-1-2-13(14)10-4-6-12(7-5-10)26(22,24)25/h4-9H,1-3H2,(H2,22,24,25). The van der Waals surface area contributed by atoms with Gasteiger partial charge in [-0.1, -0.05) is 12.1 Å². The number of halogens is 4. The van der Waals surface area contributed by atoms with Crippen LogP contribution >= 0.6 is 0 Å². The Bertz CT molecular complexity index is 981. The molecule has 1 aromatic heterocycles. The third-order valence-corrected chi connectivity index (χ3v) is 5.14. The predicted molar refractivity (Wildman–Crippen MR) is 87.7 cm³/mol. The van der Waals surface area contributed by atoms with Crippen LogP contribution in [0.4, 0.5) is 17.6 Å². The molecule has 9 heteroatoms. The molecular formula is C17H14F4N2O2S. The molecule has 1 aliphatic rings. The van der Waals surface area contributed by atoms with E-state index in [2.05, 4.69) is 4.98 Å². The quantitative estimate of drug-likeness (QED) is 0.811. The molecule has 2 aromatic rings. The van der Waals surface area contributed by atoms with Crippen molar-refractivity contribution in [3.8, 4) is 0 Å². The van der Waals surface area contributed by atoms with Crippen molar-refractivity contribution in [1.29, 1.82) is 0 Å². The summed E-state index contributed by atoms with van der Waals surface area (Å²) < 4.78 is 74.5. The minimum absolute atomic E-state index is 0.0383. The average Bonchev–Trinajstić information content (AvgIpc) is 3.02. The molecule has 0 spiro atoms. The van der Waals surface area contributed by atoms with Crippen molar-refractivity contribution in [2.75, 3.05) is 0 Å². The first kappa shape index (κ1) is 18.5. The smallest absolute Gasteiger partial charge is 0.248 e. The van der Waals surface area contributed by atoms with Crippen LogP contribution < -0.4 is 5.14 Å². The fourth-order valence-corrected chi connectivity index (χ4v) is 3.55. The highest BCUT2D eigenvalue weighted by atomic mass is 32.2. The monoisotopic (exact) mass is 386 g/mol. The first-order valence-electron chi connectivity index (χ1n) is 7.66. The second-order valence-electron chi connectivity index (χ2n) is 5.93. The van der Waals surface area contributed by atoms with Gasteiger partial charge in [0.15, 0.2) is 11.5 Å². The van der Waals surface area contributed by atoms with Crippen LogP contribution in [0, 0.1) is 5.82 Å². The van der Waals surface area contributed by atoms with Gasteiger partial charge in [-0.25, -0.2) is 22.9 Å². The molecule has 1 aromatic carbocycles. The number of nitrogens with zero attached hydrogens (tertiary/aromatic N) is 1. The lowest BCUT2D eigenvalue weighted by Crippen LogP contribution is -2.12. The van der Waals surface area contributed by atoms with Crippen LogP contribution in [0.2, 0.25) is 0 Å². The summed E-state index contributed by atoms with van der Waals surface area (Å²) in [5.41, 5.74) is 0.989. The number of rotatable bonds is 3. The first-order valence-corrected chi connectivity index (χ1v) is 9.20. The van der Waals surface area contributed by atoms with Gasteiger partial charge >= 0.3 is 6.18 Å². The number of hydrogen-bond acceptors (Lipinski definition) is 3. The van der Waals surface area contributed by atoms with Gasteiger partial charge in [0.05, 0.1) is 4.90 Å². The maximum atomic E-state index is 13.8. The second-order valence-corrected chi connectivity index (χ2v) is 7.49. The van der Waals surface area contributed by atoms with E-state index < -0.39 is 27.7 Å². The van der Waals surface area contributed by atoms with Gasteiger partial charge in [0.25, 0.3) is 0 Å². The van der Waals surface area contributed by atoms with Crippen molar-refractivity contribution in [3.05, 3.63) is 59.2 Å². The van der Waals surface area contributed by atoms with Gasteiger partial charge in [-0.2, -0.15) is 13.2 Å². The Morgan fingerprint density at radius 3 is 2.08 bits per heavy atom. The Labute approximate surface area is 147 Å². The molecule has 3 rings (SSSR count). The highest BCUT2D eigenvalue weighted by molar-refractivity contribution is 7.89. The van der Waals surface area contributed by atoms with Gasteiger partial charge in [0.1, 0.15) is 0 Å². The molecule has 0 bridgehead atoms. The number of pyridine rings is 1. The van der Waals surface area contributed by atoms with E-state index >= 15 is 0 Å². The largest absolute Gasteiger partial charge is 0.436 e. The number of nitrogens with two attached hydrogens (primary N) is 1. The summed E-state index contributed by atoms with van der Waals surface area (Å²) in [5, 5.41) is 5.06. The van der Waals surface area contributed by atoms with E-state index in [1.807, 2.05) is 0 Å². The number of sulfonamides is 1. The minimum Gasteiger partial charge on any atom is -0.248 e. The van der Waals surface area contributed by atoms with E-state index in [9.17, 15) is 26.0 Å². The van der Waals surface area contributed by atoms with E-state index in [0.717, 1.165) is 24.3 Å². The molecule has 0 atom stereocenters. The highest BCUT2D eigenvalue weighted by Crippen LogP contribution is 2.40. The molecule has 0 unspecified atom stereocenters. The topological polar surface area (TPSA) is 73.1 Å². The first-order chi connectivity index (χ1) is 12.1. The molecule has 0 saturated heterocycles. The molecule has 0 saturated carbocycles. The van der Waals surface area contributed by atoms with Crippen LogP contribution in [-0.4, -0.2) is 13.4 Å². The fraction of sp³-hybridized carbons (Fsp3) is 0.235. The van der Waals surface area contributed by atoms with E-state index in [0.29, 0.717) is 29.5 Å². The SMILES string of the molecule is NS(=O)(=O)c1ccc(C2=C(c3cnc(C(F)(F)F)c(F)c3)CCC2)cc1. The van der Waals surface area contributed by atoms with Crippen LogP contribution in [0.15, 0.2) is 41.4 Å². The minimum atomic E-state index is -4.85. The van der Waals surface area contributed by atoms with Crippen molar-refractivity contribution in [2.45, 2.75) is 30.3 Å². The Kier molecular flexibility index (Phi) is 4.61. The van der Waals surface area contributed by atoms with E-state index in [1.54, 1.807) is 12.1 Å². The summed E-state index contributed by atoms with van der Waals surface area (Å²) in [5.74, 6) is -1.42. The lowest BCUT2D eigenvalue weighted by atomic mass is 9.98. The Morgan fingerprint density at radius 1 is 1.00 bits per heavy atom. The zero-order chi connectivity index (χ0) is 19.1. The van der Waals surface area contributed by atoms with Crippen molar-refractivity contribution in [3.63, 3.8) is 0 Å². The summed E-state index contributed by atoms with van der Waals surface area (Å²) in [7, 11) is -3.82. The molecule has 26 heavy (non-hydrogen) atoms. The summed E-state index contributed by atoms with van der Waals surface area (Å²) in [6.07, 6.45) is -1.86. The number of alkyl halides is 3. The van der Waals surface area contributed by atoms with Crippen molar-refractivity contribution < 1.29 is 26.0 Å². The van der Waals surface area contributed by atoms with Crippen molar-refractivity contribution in [2.24, 2.45) is 5.14 Å². The van der Waals surface area contributed by atoms with Crippen molar-refractivity contribution in [1.82, 2.24) is 4.98 Å². The van der Waals surface area contributed by atoms with E-state index in [1.165, 1.54) is 12.1 Å². The third kappa shape index (κ3) is 3.63. The van der Waals surface area contributed by atoms with Crippen LogP contribution in [0.1, 0.15) is 36.1 Å². The van der Waals surface area contributed by atoms with Gasteiger partial charge in [0, 0.05) is 6.20 Å². The predicted octanol–water partition coefficient (Wildman–Crippen LogP) is 3.98. The van der Waals surface area contributed by atoms with E-state index in [-0.39, 0.29) is 4.90 Å². The van der Waals surface area contributed by atoms with Crippen molar-refractivity contribution >= 4 is 21.2 Å². The molecular weight excluding hydrogens is 372 g/mol. The normalized spacial score (nSPS) is 15.6. The lowest BCUT2D eigenvalue weighted by Gasteiger charge is -2.11. The average molecular weight is 386 g/mol. The van der Waals surface area contributed by atoms with Gasteiger partial charge < -0.3 is 0 Å². The van der Waals surface area contributed by atoms with Gasteiger partial charge in [0.2, 0.25) is 10.0 Å². The number of benzene rings is 1. The van der Waals surface area contributed by atoms with Gasteiger partial charge in [-0.05, 0) is 59.7 Å². The van der Waals surface area contributed by atoms with Gasteiger partial charge in [-0.15, -0.1) is 0 Å². The summed E-state index contributed by atoms with van der Waals surface area (Å²) in [4.78, 5) is 3.20. The lowest BCUT2D eigenvalue weighted by molar-refractivity contribution is -0.143. The molecule has 0 fully saturated rings. The molecule has 4 nitrogen and oxygen atoms in total. The number of allylic oxidation sites excluding steroid dienone is 2.